The van der Waals surface area contributed by atoms with Crippen molar-refractivity contribution < 1.29 is 56.3 Å². The number of aliphatic carboxylic acids is 1. The lowest BCUT2D eigenvalue weighted by atomic mass is 9.77. The number of oxime groups is 1. The first-order chi connectivity index (χ1) is 36.7. The number of β-lactam (4-membered cyclic amide) rings is 1. The van der Waals surface area contributed by atoms with Gasteiger partial charge in [0.15, 0.2) is 16.9 Å². The first kappa shape index (κ1) is 53.5. The van der Waals surface area contributed by atoms with E-state index < -0.39 is 59.3 Å². The van der Waals surface area contributed by atoms with Crippen LogP contribution < -0.4 is 15.7 Å². The second-order valence-corrected chi connectivity index (χ2v) is 21.0. The Labute approximate surface area is 446 Å². The Morgan fingerprint density at radius 2 is 1.34 bits per heavy atom. The van der Waals surface area contributed by atoms with E-state index in [1.54, 1.807) is 5.38 Å². The fourth-order valence-corrected chi connectivity index (χ4v) is 12.0. The van der Waals surface area contributed by atoms with Crippen molar-refractivity contribution in [2.24, 2.45) is 5.16 Å². The molecule has 0 saturated carbocycles. The van der Waals surface area contributed by atoms with Gasteiger partial charge in [-0.3, -0.25) is 14.5 Å². The summed E-state index contributed by atoms with van der Waals surface area (Å²) in [6.07, 6.45) is -1.91. The maximum absolute atomic E-state index is 14.8. The quantitative estimate of drug-likeness (QED) is 0.0239. The van der Waals surface area contributed by atoms with E-state index in [2.05, 4.69) is 59.2 Å². The van der Waals surface area contributed by atoms with E-state index in [0.29, 0.717) is 30.5 Å². The molecule has 3 fully saturated rings. The van der Waals surface area contributed by atoms with E-state index in [4.69, 9.17) is 29.2 Å². The van der Waals surface area contributed by atoms with Crippen molar-refractivity contribution in [3.63, 3.8) is 0 Å². The van der Waals surface area contributed by atoms with Crippen LogP contribution in [0.3, 0.4) is 0 Å². The zero-order valence-electron chi connectivity index (χ0n) is 41.4. The molecule has 5 heterocycles. The molecule has 394 valence electrons. The molecule has 0 radical (unpaired) electrons. The van der Waals surface area contributed by atoms with E-state index in [9.17, 15) is 27.6 Å². The van der Waals surface area contributed by atoms with Crippen molar-refractivity contribution in [2.75, 3.05) is 44.4 Å². The van der Waals surface area contributed by atoms with Gasteiger partial charge in [-0.1, -0.05) is 157 Å². The molecule has 5 aromatic carbocycles. The van der Waals surface area contributed by atoms with Crippen molar-refractivity contribution >= 4 is 57.7 Å². The van der Waals surface area contributed by atoms with Gasteiger partial charge in [0.1, 0.15) is 40.9 Å². The van der Waals surface area contributed by atoms with Crippen LogP contribution in [-0.4, -0.2) is 107 Å². The molecular formula is C57H55F3N6O8S2. The van der Waals surface area contributed by atoms with Gasteiger partial charge in [-0.2, -0.15) is 13.2 Å². The average Bonchev–Trinajstić information content (AvgIpc) is 4.13. The number of rotatable bonds is 16. The number of nitrogens with zero attached hydrogens (tertiary/aromatic N) is 4. The van der Waals surface area contributed by atoms with E-state index in [1.807, 2.05) is 115 Å². The van der Waals surface area contributed by atoms with Gasteiger partial charge in [0.05, 0.1) is 26.7 Å². The number of amides is 2. The summed E-state index contributed by atoms with van der Waals surface area (Å²) >= 11 is 2.87. The Morgan fingerprint density at radius 3 is 1.84 bits per heavy atom. The summed E-state index contributed by atoms with van der Waals surface area (Å²) in [7, 11) is 2.21. The third-order valence-corrected chi connectivity index (χ3v) is 15.8. The molecule has 2 N–H and O–H groups in total. The van der Waals surface area contributed by atoms with Gasteiger partial charge in [-0.25, -0.2) is 9.78 Å². The molecule has 19 heteroatoms. The zero-order valence-corrected chi connectivity index (χ0v) is 43.0. The molecule has 10 rings (SSSR count). The predicted molar refractivity (Wildman–Crippen MR) is 280 cm³/mol. The van der Waals surface area contributed by atoms with Gasteiger partial charge >= 0.3 is 12.1 Å². The summed E-state index contributed by atoms with van der Waals surface area (Å²) < 4.78 is 44.6. The van der Waals surface area contributed by atoms with Crippen molar-refractivity contribution in [1.29, 1.82) is 0 Å². The lowest BCUT2D eigenvalue weighted by Gasteiger charge is -2.50. The number of benzene rings is 5. The van der Waals surface area contributed by atoms with Crippen LogP contribution in [0.15, 0.2) is 173 Å². The van der Waals surface area contributed by atoms with Crippen LogP contribution in [0.25, 0.3) is 0 Å². The fourth-order valence-electron chi connectivity index (χ4n) is 9.96. The Morgan fingerprint density at radius 1 is 0.816 bits per heavy atom. The summed E-state index contributed by atoms with van der Waals surface area (Å²) in [5.74, 6) is -4.12. The molecule has 0 bridgehead atoms. The Balaban J connectivity index is 0.000000943. The number of anilines is 1. The van der Waals surface area contributed by atoms with Gasteiger partial charge in [0.25, 0.3) is 11.8 Å². The number of likely N-dealkylation sites (N-methyl/N-ethyl adjacent to an activating group) is 1. The largest absolute Gasteiger partial charge is 0.542 e. The minimum Gasteiger partial charge on any atom is -0.542 e. The maximum atomic E-state index is 14.8. The van der Waals surface area contributed by atoms with Crippen molar-refractivity contribution in [2.45, 2.75) is 67.6 Å². The number of carbonyl (C=O) groups excluding carboxylic acids is 4. The average molecular weight is 1070 g/mol. The maximum Gasteiger partial charge on any atom is 0.430 e. The van der Waals surface area contributed by atoms with Crippen molar-refractivity contribution in [3.8, 4) is 0 Å². The highest BCUT2D eigenvalue weighted by Crippen LogP contribution is 2.44. The van der Waals surface area contributed by atoms with Crippen molar-refractivity contribution in [3.05, 3.63) is 202 Å². The van der Waals surface area contributed by atoms with Gasteiger partial charge in [-0.15, -0.1) is 23.1 Å². The molecule has 3 atom stereocenters. The van der Waals surface area contributed by atoms with Crippen LogP contribution in [-0.2, 0) is 39.0 Å². The topological polar surface area (TPSA) is 172 Å². The number of thioether (sulfide) groups is 1. The molecule has 4 aliphatic rings. The lowest BCUT2D eigenvalue weighted by molar-refractivity contribution is -0.893. The minimum atomic E-state index is -5.19. The van der Waals surface area contributed by atoms with Crippen LogP contribution in [0.1, 0.15) is 71.7 Å². The molecule has 4 aliphatic heterocycles. The monoisotopic (exact) mass is 1070 g/mol. The number of carboxylic acid groups (broad SMARTS) is 1. The zero-order chi connectivity index (χ0) is 53.3. The highest BCUT2D eigenvalue weighted by atomic mass is 32.2. The van der Waals surface area contributed by atoms with Crippen LogP contribution in [0.5, 0.6) is 0 Å². The number of halogens is 3. The summed E-state index contributed by atoms with van der Waals surface area (Å²) in [5, 5.41) is 21.7. The van der Waals surface area contributed by atoms with Crippen LogP contribution in [0, 0.1) is 0 Å². The number of esters is 1. The Kier molecular flexibility index (Phi) is 16.7. The highest BCUT2D eigenvalue weighted by Gasteiger charge is 2.56. The molecule has 0 aliphatic carbocycles. The van der Waals surface area contributed by atoms with E-state index in [-0.39, 0.29) is 17.1 Å². The second-order valence-electron chi connectivity index (χ2n) is 19.0. The minimum absolute atomic E-state index is 0.0962. The standard InChI is InChI=1S/C55H54N6O6S2.C2HF3O2/c1-61(32-18-19-33-61)35-40-36-68-52-47(51(63)60(52)48(40)53(64)66-49(38-21-7-2-8-22-38)39-23-9-3-10-24-39)57-50(62)46(59-67-45-31-17-20-34-65-45)44-37-69-54(56-44)58-55(41-25-11-4-12-26-41,42-27-13-5-14-28-42)43-29-15-6-16-30-43;3-2(4,5)1(6)7/h2-16,21-30,37,45,47,49,52H,17-20,31-36H2,1H3,(H-,56,57,58,62);(H,6,7)/t45?,47?,52-;/m1./s1. The predicted octanol–water partition coefficient (Wildman–Crippen LogP) is 8.32. The molecule has 2 unspecified atom stereocenters. The number of thiazole rings is 1. The number of aromatic nitrogens is 1. The van der Waals surface area contributed by atoms with Gasteiger partial charge in [0, 0.05) is 36.0 Å². The summed E-state index contributed by atoms with van der Waals surface area (Å²) in [6.45, 7) is 3.11. The van der Waals surface area contributed by atoms with E-state index in [1.165, 1.54) is 28.0 Å². The van der Waals surface area contributed by atoms with E-state index >= 15 is 0 Å². The first-order valence-corrected chi connectivity index (χ1v) is 26.8. The van der Waals surface area contributed by atoms with Gasteiger partial charge < -0.3 is 39.3 Å². The number of hydrogen-bond acceptors (Lipinski definition) is 13. The van der Waals surface area contributed by atoms with Crippen molar-refractivity contribution in [1.82, 2.24) is 15.2 Å². The molecule has 1 aromatic heterocycles. The molecular weight excluding hydrogens is 1020 g/mol. The third kappa shape index (κ3) is 12.0. The number of hydrogen-bond donors (Lipinski definition) is 2. The number of likely N-dealkylation sites (tertiary alicyclic amines) is 1. The SMILES string of the molecule is C[N+]1(CC2=C(C(=O)OC(c3ccccc3)c3ccccc3)N3C(=O)C(NC(=O)C(=NOC4CCCCO4)c4csc(NC(c5ccccc5)(c5ccccc5)c5ccccc5)n4)[C@H]3SC2)CCCC1.O=C([O-])C(F)(F)F. The van der Waals surface area contributed by atoms with Crippen LogP contribution in [0.4, 0.5) is 18.3 Å². The number of fused-ring (bicyclic) bond motifs is 1. The number of carbonyl (C=O) groups is 4. The normalized spacial score (nSPS) is 19.4. The fraction of sp³-hybridized carbons (Fsp3) is 0.298. The molecule has 14 nitrogen and oxygen atoms in total. The third-order valence-electron chi connectivity index (χ3n) is 13.7. The number of nitrogens with one attached hydrogen (secondary N) is 2. The van der Waals surface area contributed by atoms with Crippen LogP contribution >= 0.6 is 23.1 Å². The van der Waals surface area contributed by atoms with E-state index in [0.717, 1.165) is 76.6 Å². The van der Waals surface area contributed by atoms with Gasteiger partial charge in [0.2, 0.25) is 6.29 Å². The number of ether oxygens (including phenoxy) is 2. The number of alkyl halides is 3. The molecule has 6 aromatic rings. The molecule has 0 spiro atoms. The second kappa shape index (κ2) is 23.7. The molecule has 2 amide bonds. The van der Waals surface area contributed by atoms with Gasteiger partial charge in [-0.05, 0) is 40.7 Å². The van der Waals surface area contributed by atoms with Crippen LogP contribution in [0.2, 0.25) is 0 Å². The first-order valence-electron chi connectivity index (χ1n) is 24.9. The summed E-state index contributed by atoms with van der Waals surface area (Å²) in [5.41, 5.74) is 5.05. The number of carboxylic acids is 1. The molecule has 76 heavy (non-hydrogen) atoms. The number of quaternary nitrogens is 1. The highest BCUT2D eigenvalue weighted by molar-refractivity contribution is 8.00. The summed E-state index contributed by atoms with van der Waals surface area (Å²) in [4.78, 5) is 65.3. The smallest absolute Gasteiger partial charge is 0.430 e. The summed E-state index contributed by atoms with van der Waals surface area (Å²) in [6, 6.07) is 48.9. The Hall–Kier alpha value is -7.32. The Bertz CT molecular complexity index is 2890. The lowest BCUT2D eigenvalue weighted by Crippen LogP contribution is -2.71. The molecule has 3 saturated heterocycles.